The van der Waals surface area contributed by atoms with E-state index in [4.69, 9.17) is 14.6 Å². The van der Waals surface area contributed by atoms with Crippen molar-refractivity contribution in [2.45, 2.75) is 33.2 Å². The number of ether oxygens (including phenoxy) is 2. The highest BCUT2D eigenvalue weighted by atomic mass is 16.5. The molecule has 2 rings (SSSR count). The van der Waals surface area contributed by atoms with Gasteiger partial charge in [0.25, 0.3) is 0 Å². The SMILES string of the molecule is CCOc1ccc([C@H](C)NC(=O)[C@@H]2C[C@@H]2C(=O)O)cc1OCC. The number of carbonyl (C=O) groups is 2. The van der Waals surface area contributed by atoms with Gasteiger partial charge in [0.2, 0.25) is 5.91 Å². The molecule has 0 saturated heterocycles. The van der Waals surface area contributed by atoms with Crippen molar-refractivity contribution in [1.29, 1.82) is 0 Å². The van der Waals surface area contributed by atoms with E-state index < -0.39 is 17.8 Å². The average molecular weight is 321 g/mol. The lowest BCUT2D eigenvalue weighted by atomic mass is 10.1. The molecule has 3 atom stereocenters. The summed E-state index contributed by atoms with van der Waals surface area (Å²) in [7, 11) is 0. The zero-order valence-electron chi connectivity index (χ0n) is 13.7. The first kappa shape index (κ1) is 17.1. The Balaban J connectivity index is 2.04. The molecule has 0 radical (unpaired) electrons. The number of amides is 1. The van der Waals surface area contributed by atoms with Crippen LogP contribution in [-0.2, 0) is 9.59 Å². The van der Waals surface area contributed by atoms with Crippen LogP contribution < -0.4 is 14.8 Å². The first-order valence-corrected chi connectivity index (χ1v) is 7.90. The first-order chi connectivity index (χ1) is 11.0. The molecule has 1 fully saturated rings. The van der Waals surface area contributed by atoms with Crippen LogP contribution in [0, 0.1) is 11.8 Å². The minimum Gasteiger partial charge on any atom is -0.490 e. The molecule has 0 aromatic heterocycles. The van der Waals surface area contributed by atoms with Gasteiger partial charge < -0.3 is 19.9 Å². The maximum Gasteiger partial charge on any atom is 0.307 e. The van der Waals surface area contributed by atoms with Gasteiger partial charge in [-0.1, -0.05) is 6.07 Å². The molecular formula is C17H23NO5. The van der Waals surface area contributed by atoms with Crippen molar-refractivity contribution in [3.8, 4) is 11.5 Å². The van der Waals surface area contributed by atoms with E-state index >= 15 is 0 Å². The van der Waals surface area contributed by atoms with Gasteiger partial charge in [-0.05, 0) is 44.9 Å². The molecule has 0 unspecified atom stereocenters. The second-order valence-electron chi connectivity index (χ2n) is 5.59. The van der Waals surface area contributed by atoms with Crippen LogP contribution in [0.1, 0.15) is 38.8 Å². The Kier molecular flexibility index (Phi) is 5.47. The molecule has 1 aromatic rings. The lowest BCUT2D eigenvalue weighted by molar-refractivity contribution is -0.140. The van der Waals surface area contributed by atoms with Gasteiger partial charge in [0.1, 0.15) is 0 Å². The normalized spacial score (nSPS) is 20.5. The summed E-state index contributed by atoms with van der Waals surface area (Å²) in [5.41, 5.74) is 0.887. The van der Waals surface area contributed by atoms with Crippen LogP contribution in [-0.4, -0.2) is 30.2 Å². The van der Waals surface area contributed by atoms with Gasteiger partial charge >= 0.3 is 5.97 Å². The number of aliphatic carboxylic acids is 1. The van der Waals surface area contributed by atoms with Crippen molar-refractivity contribution in [2.24, 2.45) is 11.8 Å². The summed E-state index contributed by atoms with van der Waals surface area (Å²) in [6, 6.07) is 5.32. The van der Waals surface area contributed by atoms with Gasteiger partial charge in [0.15, 0.2) is 11.5 Å². The lowest BCUT2D eigenvalue weighted by Crippen LogP contribution is -2.29. The zero-order valence-corrected chi connectivity index (χ0v) is 13.7. The van der Waals surface area contributed by atoms with Crippen molar-refractivity contribution >= 4 is 11.9 Å². The number of benzene rings is 1. The van der Waals surface area contributed by atoms with E-state index in [1.54, 1.807) is 0 Å². The second-order valence-corrected chi connectivity index (χ2v) is 5.59. The molecule has 0 bridgehead atoms. The maximum absolute atomic E-state index is 12.1. The number of hydrogen-bond acceptors (Lipinski definition) is 4. The third-order valence-corrected chi connectivity index (χ3v) is 3.87. The monoisotopic (exact) mass is 321 g/mol. The molecular weight excluding hydrogens is 298 g/mol. The number of carbonyl (C=O) groups excluding carboxylic acids is 1. The smallest absolute Gasteiger partial charge is 0.307 e. The molecule has 6 heteroatoms. The van der Waals surface area contributed by atoms with Crippen molar-refractivity contribution in [3.05, 3.63) is 23.8 Å². The Bertz CT molecular complexity index is 586. The van der Waals surface area contributed by atoms with Gasteiger partial charge in [0.05, 0.1) is 31.1 Å². The number of hydrogen-bond donors (Lipinski definition) is 2. The van der Waals surface area contributed by atoms with Crippen LogP contribution in [0.3, 0.4) is 0 Å². The highest BCUT2D eigenvalue weighted by Gasteiger charge is 2.48. The summed E-state index contributed by atoms with van der Waals surface area (Å²) in [5, 5.41) is 11.8. The molecule has 2 N–H and O–H groups in total. The van der Waals surface area contributed by atoms with Crippen LogP contribution in [0.5, 0.6) is 11.5 Å². The molecule has 1 aliphatic carbocycles. The second kappa shape index (κ2) is 7.35. The van der Waals surface area contributed by atoms with E-state index in [1.165, 1.54) is 0 Å². The summed E-state index contributed by atoms with van der Waals surface area (Å²) in [6.07, 6.45) is 0.418. The Hall–Kier alpha value is -2.24. The van der Waals surface area contributed by atoms with Gasteiger partial charge in [-0.25, -0.2) is 0 Å². The van der Waals surface area contributed by atoms with E-state index in [-0.39, 0.29) is 11.9 Å². The molecule has 1 saturated carbocycles. The van der Waals surface area contributed by atoms with Crippen LogP contribution >= 0.6 is 0 Å². The Morgan fingerprint density at radius 2 is 1.87 bits per heavy atom. The van der Waals surface area contributed by atoms with Crippen LogP contribution in [0.15, 0.2) is 18.2 Å². The fourth-order valence-electron chi connectivity index (χ4n) is 2.50. The van der Waals surface area contributed by atoms with Gasteiger partial charge in [0, 0.05) is 0 Å². The summed E-state index contributed by atoms with van der Waals surface area (Å²) < 4.78 is 11.1. The predicted octanol–water partition coefficient (Wildman–Crippen LogP) is 2.38. The van der Waals surface area contributed by atoms with Crippen LogP contribution in [0.2, 0.25) is 0 Å². The molecule has 23 heavy (non-hydrogen) atoms. The predicted molar refractivity (Wildman–Crippen MR) is 84.6 cm³/mol. The Morgan fingerprint density at radius 3 is 2.43 bits per heavy atom. The minimum atomic E-state index is -0.905. The van der Waals surface area contributed by atoms with E-state index in [1.807, 2.05) is 39.0 Å². The number of nitrogens with one attached hydrogen (secondary N) is 1. The summed E-state index contributed by atoms with van der Waals surface area (Å²) in [6.45, 7) is 6.73. The molecule has 6 nitrogen and oxygen atoms in total. The fourth-order valence-corrected chi connectivity index (χ4v) is 2.50. The molecule has 1 aliphatic rings. The van der Waals surface area contributed by atoms with Crippen molar-refractivity contribution < 1.29 is 24.2 Å². The summed E-state index contributed by atoms with van der Waals surface area (Å²) >= 11 is 0. The number of carboxylic acid groups (broad SMARTS) is 1. The minimum absolute atomic E-state index is 0.211. The molecule has 1 aromatic carbocycles. The van der Waals surface area contributed by atoms with Crippen molar-refractivity contribution in [3.63, 3.8) is 0 Å². The topological polar surface area (TPSA) is 84.9 Å². The Labute approximate surface area is 135 Å². The summed E-state index contributed by atoms with van der Waals surface area (Å²) in [4.78, 5) is 22.9. The summed E-state index contributed by atoms with van der Waals surface area (Å²) in [5.74, 6) is -0.757. The van der Waals surface area contributed by atoms with Crippen LogP contribution in [0.4, 0.5) is 0 Å². The highest BCUT2D eigenvalue weighted by molar-refractivity contribution is 5.89. The molecule has 1 amide bonds. The fraction of sp³-hybridized carbons (Fsp3) is 0.529. The first-order valence-electron chi connectivity index (χ1n) is 7.90. The number of rotatable bonds is 8. The van der Waals surface area contributed by atoms with Crippen molar-refractivity contribution in [1.82, 2.24) is 5.32 Å². The standard InChI is InChI=1S/C17H23NO5/c1-4-22-14-7-6-11(8-15(14)23-5-2)10(3)18-16(19)12-9-13(12)17(20)21/h6-8,10,12-13H,4-5,9H2,1-3H3,(H,18,19)(H,20,21)/t10-,12+,13-/m0/s1. The molecule has 0 aliphatic heterocycles. The third-order valence-electron chi connectivity index (χ3n) is 3.87. The zero-order chi connectivity index (χ0) is 17.0. The molecule has 0 heterocycles. The lowest BCUT2D eigenvalue weighted by Gasteiger charge is -2.17. The third kappa shape index (κ3) is 4.15. The Morgan fingerprint density at radius 1 is 1.22 bits per heavy atom. The number of carboxylic acids is 1. The van der Waals surface area contributed by atoms with Gasteiger partial charge in [-0.3, -0.25) is 9.59 Å². The van der Waals surface area contributed by atoms with Crippen molar-refractivity contribution in [2.75, 3.05) is 13.2 Å². The quantitative estimate of drug-likeness (QED) is 0.768. The maximum atomic E-state index is 12.1. The average Bonchev–Trinajstić information content (AvgIpc) is 3.30. The molecule has 126 valence electrons. The largest absolute Gasteiger partial charge is 0.490 e. The van der Waals surface area contributed by atoms with Gasteiger partial charge in [-0.15, -0.1) is 0 Å². The molecule has 0 spiro atoms. The van der Waals surface area contributed by atoms with Crippen LogP contribution in [0.25, 0.3) is 0 Å². The highest BCUT2D eigenvalue weighted by Crippen LogP contribution is 2.39. The van der Waals surface area contributed by atoms with E-state index in [0.717, 1.165) is 5.56 Å². The van der Waals surface area contributed by atoms with Gasteiger partial charge in [-0.2, -0.15) is 0 Å². The van der Waals surface area contributed by atoms with E-state index in [2.05, 4.69) is 5.32 Å². The van der Waals surface area contributed by atoms with E-state index in [0.29, 0.717) is 31.1 Å². The van der Waals surface area contributed by atoms with E-state index in [9.17, 15) is 9.59 Å².